The molecule has 0 aromatic heterocycles. The van der Waals surface area contributed by atoms with E-state index in [1.54, 1.807) is 11.8 Å². The number of benzene rings is 1. The first kappa shape index (κ1) is 15.5. The summed E-state index contributed by atoms with van der Waals surface area (Å²) in [4.78, 5) is 17.9. The van der Waals surface area contributed by atoms with Crippen LogP contribution in [0.5, 0.6) is 0 Å². The Morgan fingerprint density at radius 2 is 2.09 bits per heavy atom. The number of carbonyl (C=O) groups excluding carboxylic acids is 1. The monoisotopic (exact) mass is 320 g/mol. The van der Waals surface area contributed by atoms with Crippen LogP contribution in [-0.4, -0.2) is 48.5 Å². The van der Waals surface area contributed by atoms with E-state index in [1.165, 1.54) is 16.1 Å². The van der Waals surface area contributed by atoms with Crippen molar-refractivity contribution in [3.8, 4) is 0 Å². The van der Waals surface area contributed by atoms with Crippen LogP contribution in [0.2, 0.25) is 0 Å². The van der Waals surface area contributed by atoms with E-state index in [-0.39, 0.29) is 6.09 Å². The van der Waals surface area contributed by atoms with Gasteiger partial charge in [0.2, 0.25) is 0 Å². The van der Waals surface area contributed by atoms with Gasteiger partial charge in [0.15, 0.2) is 0 Å². The Bertz CT molecular complexity index is 583. The maximum Gasteiger partial charge on any atom is 0.410 e. The number of fused-ring (bicyclic) bond motifs is 3. The van der Waals surface area contributed by atoms with Crippen molar-refractivity contribution in [1.29, 1.82) is 0 Å². The molecule has 0 aliphatic carbocycles. The number of thioether (sulfide) groups is 1. The summed E-state index contributed by atoms with van der Waals surface area (Å²) in [5.41, 5.74) is 2.31. The Balaban J connectivity index is 1.71. The molecule has 0 N–H and O–H groups in total. The van der Waals surface area contributed by atoms with Crippen molar-refractivity contribution in [1.82, 2.24) is 4.90 Å². The van der Waals surface area contributed by atoms with Crippen molar-refractivity contribution in [2.45, 2.75) is 43.7 Å². The fourth-order valence-corrected chi connectivity index (χ4v) is 3.64. The van der Waals surface area contributed by atoms with E-state index in [1.807, 2.05) is 25.7 Å². The van der Waals surface area contributed by atoms with E-state index in [0.29, 0.717) is 6.04 Å². The Morgan fingerprint density at radius 1 is 1.32 bits per heavy atom. The highest BCUT2D eigenvalue weighted by Gasteiger charge is 2.36. The smallest absolute Gasteiger partial charge is 0.410 e. The summed E-state index contributed by atoms with van der Waals surface area (Å²) in [6.07, 6.45) is 2.94. The third kappa shape index (κ3) is 3.05. The first-order chi connectivity index (χ1) is 10.4. The summed E-state index contributed by atoms with van der Waals surface area (Å²) in [5, 5.41) is 0. The number of piperazine rings is 1. The van der Waals surface area contributed by atoms with Gasteiger partial charge in [-0.15, -0.1) is 11.8 Å². The van der Waals surface area contributed by atoms with Gasteiger partial charge in [0.1, 0.15) is 5.60 Å². The lowest BCUT2D eigenvalue weighted by Gasteiger charge is -2.39. The molecular weight excluding hydrogens is 296 g/mol. The van der Waals surface area contributed by atoms with E-state index >= 15 is 0 Å². The Labute approximate surface area is 136 Å². The lowest BCUT2D eigenvalue weighted by molar-refractivity contribution is 0.0217. The first-order valence-corrected chi connectivity index (χ1v) is 9.01. The van der Waals surface area contributed by atoms with Crippen molar-refractivity contribution in [2.24, 2.45) is 0 Å². The van der Waals surface area contributed by atoms with Crippen LogP contribution >= 0.6 is 11.8 Å². The zero-order valence-corrected chi connectivity index (χ0v) is 14.6. The quantitative estimate of drug-likeness (QED) is 0.743. The van der Waals surface area contributed by atoms with Gasteiger partial charge in [0, 0.05) is 30.2 Å². The highest BCUT2D eigenvalue weighted by molar-refractivity contribution is 7.98. The van der Waals surface area contributed by atoms with Crippen LogP contribution in [0, 0.1) is 0 Å². The van der Waals surface area contributed by atoms with E-state index in [4.69, 9.17) is 4.74 Å². The third-order valence-corrected chi connectivity index (χ3v) is 4.92. The molecule has 4 nitrogen and oxygen atoms in total. The first-order valence-electron chi connectivity index (χ1n) is 7.79. The average molecular weight is 320 g/mol. The maximum absolute atomic E-state index is 12.3. The minimum atomic E-state index is -0.430. The van der Waals surface area contributed by atoms with Gasteiger partial charge in [0.25, 0.3) is 0 Å². The Morgan fingerprint density at radius 3 is 2.77 bits per heavy atom. The van der Waals surface area contributed by atoms with Gasteiger partial charge in [-0.1, -0.05) is 6.07 Å². The number of ether oxygens (including phenoxy) is 1. The molecule has 1 atom stereocenters. The number of anilines is 1. The zero-order chi connectivity index (χ0) is 15.9. The summed E-state index contributed by atoms with van der Waals surface area (Å²) >= 11 is 1.77. The van der Waals surface area contributed by atoms with Crippen LogP contribution < -0.4 is 4.90 Å². The zero-order valence-electron chi connectivity index (χ0n) is 13.8. The molecule has 1 aromatic carbocycles. The van der Waals surface area contributed by atoms with Crippen LogP contribution in [0.25, 0.3) is 0 Å². The van der Waals surface area contributed by atoms with Gasteiger partial charge in [-0.2, -0.15) is 0 Å². The molecule has 2 aliphatic heterocycles. The summed E-state index contributed by atoms with van der Waals surface area (Å²) < 4.78 is 5.50. The summed E-state index contributed by atoms with van der Waals surface area (Å²) in [5.74, 6) is 0. The molecule has 1 aromatic rings. The standard InChI is InChI=1S/C17H24N2O2S/c1-17(2,3)21-16(20)18-7-8-19-13(11-18)9-12-5-6-14(22-4)10-15(12)19/h5-6,10,13H,7-9,11H2,1-4H3. The molecule has 3 rings (SSSR count). The second-order valence-corrected chi connectivity index (χ2v) is 7.85. The molecule has 120 valence electrons. The van der Waals surface area contributed by atoms with Crippen LogP contribution in [-0.2, 0) is 11.2 Å². The number of hydrogen-bond acceptors (Lipinski definition) is 4. The molecule has 0 spiro atoms. The van der Waals surface area contributed by atoms with E-state index < -0.39 is 5.60 Å². The molecule has 5 heteroatoms. The van der Waals surface area contributed by atoms with Gasteiger partial charge in [-0.25, -0.2) is 4.79 Å². The van der Waals surface area contributed by atoms with Gasteiger partial charge in [0.05, 0.1) is 6.04 Å². The Kier molecular flexibility index (Phi) is 4.02. The largest absolute Gasteiger partial charge is 0.444 e. The highest BCUT2D eigenvalue weighted by Crippen LogP contribution is 2.36. The van der Waals surface area contributed by atoms with E-state index in [2.05, 4.69) is 29.4 Å². The molecule has 1 unspecified atom stereocenters. The predicted octanol–water partition coefficient (Wildman–Crippen LogP) is 3.39. The number of rotatable bonds is 1. The Hall–Kier alpha value is -1.36. The number of hydrogen-bond donors (Lipinski definition) is 0. The lowest BCUT2D eigenvalue weighted by atomic mass is 10.1. The number of carbonyl (C=O) groups is 1. The second-order valence-electron chi connectivity index (χ2n) is 6.97. The summed E-state index contributed by atoms with van der Waals surface area (Å²) in [7, 11) is 0. The topological polar surface area (TPSA) is 32.8 Å². The van der Waals surface area contributed by atoms with Crippen molar-refractivity contribution < 1.29 is 9.53 Å². The lowest BCUT2D eigenvalue weighted by Crippen LogP contribution is -2.54. The SMILES string of the molecule is CSc1ccc2c(c1)N1CCN(C(=O)OC(C)(C)C)CC1C2. The van der Waals surface area contributed by atoms with Gasteiger partial charge >= 0.3 is 6.09 Å². The van der Waals surface area contributed by atoms with Crippen molar-refractivity contribution in [2.75, 3.05) is 30.8 Å². The van der Waals surface area contributed by atoms with Crippen LogP contribution in [0.3, 0.4) is 0 Å². The molecule has 22 heavy (non-hydrogen) atoms. The average Bonchev–Trinajstić information content (AvgIpc) is 2.82. The minimum absolute atomic E-state index is 0.187. The molecule has 1 fully saturated rings. The molecular formula is C17H24N2O2S. The fraction of sp³-hybridized carbons (Fsp3) is 0.588. The second kappa shape index (κ2) is 5.69. The van der Waals surface area contributed by atoms with Crippen LogP contribution in [0.4, 0.5) is 10.5 Å². The van der Waals surface area contributed by atoms with Crippen molar-refractivity contribution >= 4 is 23.5 Å². The molecule has 0 radical (unpaired) electrons. The molecule has 1 saturated heterocycles. The molecule has 0 saturated carbocycles. The predicted molar refractivity (Wildman–Crippen MR) is 90.9 cm³/mol. The fourth-order valence-electron chi connectivity index (χ4n) is 3.20. The van der Waals surface area contributed by atoms with E-state index in [0.717, 1.165) is 26.1 Å². The van der Waals surface area contributed by atoms with Gasteiger partial charge in [-0.3, -0.25) is 0 Å². The van der Waals surface area contributed by atoms with E-state index in [9.17, 15) is 4.79 Å². The van der Waals surface area contributed by atoms with Crippen molar-refractivity contribution in [3.63, 3.8) is 0 Å². The summed E-state index contributed by atoms with van der Waals surface area (Å²) in [6, 6.07) is 7.09. The van der Waals surface area contributed by atoms with Crippen molar-refractivity contribution in [3.05, 3.63) is 23.8 Å². The molecule has 2 aliphatic rings. The number of nitrogens with zero attached hydrogens (tertiary/aromatic N) is 2. The number of amides is 1. The normalized spacial score (nSPS) is 20.6. The minimum Gasteiger partial charge on any atom is -0.444 e. The van der Waals surface area contributed by atoms with Crippen LogP contribution in [0.1, 0.15) is 26.3 Å². The molecule has 2 heterocycles. The summed E-state index contributed by atoms with van der Waals surface area (Å²) in [6.45, 7) is 8.10. The van der Waals surface area contributed by atoms with Gasteiger partial charge < -0.3 is 14.5 Å². The van der Waals surface area contributed by atoms with Crippen LogP contribution in [0.15, 0.2) is 23.1 Å². The third-order valence-electron chi connectivity index (χ3n) is 4.19. The molecule has 1 amide bonds. The maximum atomic E-state index is 12.3. The highest BCUT2D eigenvalue weighted by atomic mass is 32.2. The molecule has 0 bridgehead atoms. The van der Waals surface area contributed by atoms with Gasteiger partial charge in [-0.05, 0) is 51.1 Å².